The van der Waals surface area contributed by atoms with Gasteiger partial charge in [-0.2, -0.15) is 8.42 Å². The summed E-state index contributed by atoms with van der Waals surface area (Å²) in [6, 6.07) is 20.9. The fraction of sp³-hybridized carbons (Fsp3) is 0.0417. The first-order valence-corrected chi connectivity index (χ1v) is 11.6. The smallest absolute Gasteiger partial charge is 0.285 e. The quantitative estimate of drug-likeness (QED) is 0.484. The molecule has 5 rings (SSSR count). The lowest BCUT2D eigenvalue weighted by Crippen LogP contribution is -2.13. The molecule has 0 saturated heterocycles. The summed E-state index contributed by atoms with van der Waals surface area (Å²) in [5.41, 5.74) is 3.16. The van der Waals surface area contributed by atoms with Crippen molar-refractivity contribution in [2.24, 2.45) is 11.4 Å². The number of carbonyl (C=O) groups is 1. The highest BCUT2D eigenvalue weighted by molar-refractivity contribution is 7.90. The van der Waals surface area contributed by atoms with Crippen molar-refractivity contribution in [1.29, 1.82) is 0 Å². The summed E-state index contributed by atoms with van der Waals surface area (Å²) in [5.74, 6) is 0.804. The second-order valence-corrected chi connectivity index (χ2v) is 9.08. The van der Waals surface area contributed by atoms with E-state index in [1.54, 1.807) is 48.7 Å². The van der Waals surface area contributed by atoms with E-state index in [0.717, 1.165) is 11.4 Å². The molecule has 1 amide bonds. The van der Waals surface area contributed by atoms with E-state index in [0.29, 0.717) is 22.5 Å². The number of sulfonamides is 1. The van der Waals surface area contributed by atoms with Crippen LogP contribution in [0, 0.1) is 0 Å². The molecule has 0 atom stereocenters. The number of anilines is 2. The number of amidine groups is 1. The second-order valence-electron chi connectivity index (χ2n) is 7.51. The van der Waals surface area contributed by atoms with Crippen LogP contribution in [0.4, 0.5) is 11.4 Å². The fourth-order valence-corrected chi connectivity index (χ4v) is 4.80. The van der Waals surface area contributed by atoms with E-state index in [1.807, 2.05) is 42.1 Å². The Hall–Kier alpha value is -4.24. The van der Waals surface area contributed by atoms with Crippen molar-refractivity contribution in [2.45, 2.75) is 4.90 Å². The molecular formula is C24H19N5O3S. The number of amides is 1. The molecule has 2 heterocycles. The molecule has 164 valence electrons. The summed E-state index contributed by atoms with van der Waals surface area (Å²) in [5, 5.41) is 5.92. The van der Waals surface area contributed by atoms with Crippen molar-refractivity contribution in [3.63, 3.8) is 0 Å². The molecule has 0 fully saturated rings. The number of carbonyl (C=O) groups excluding carboxylic acids is 1. The van der Waals surface area contributed by atoms with Crippen molar-refractivity contribution in [1.82, 2.24) is 9.55 Å². The van der Waals surface area contributed by atoms with Crippen molar-refractivity contribution in [3.8, 4) is 11.4 Å². The van der Waals surface area contributed by atoms with Gasteiger partial charge in [0.2, 0.25) is 0 Å². The molecule has 0 radical (unpaired) electrons. The molecule has 0 unspecified atom stereocenters. The van der Waals surface area contributed by atoms with E-state index in [2.05, 4.69) is 20.0 Å². The van der Waals surface area contributed by atoms with Crippen LogP contribution in [-0.4, -0.2) is 29.7 Å². The predicted octanol–water partition coefficient (Wildman–Crippen LogP) is 3.90. The normalized spacial score (nSPS) is 13.8. The molecule has 0 spiro atoms. The van der Waals surface area contributed by atoms with E-state index in [9.17, 15) is 13.2 Å². The van der Waals surface area contributed by atoms with E-state index < -0.39 is 10.0 Å². The number of nitrogens with one attached hydrogen (secondary N) is 2. The van der Waals surface area contributed by atoms with Gasteiger partial charge in [-0.05, 0) is 48.5 Å². The number of imidazole rings is 1. The van der Waals surface area contributed by atoms with E-state index in [4.69, 9.17) is 0 Å². The molecule has 0 saturated carbocycles. The second kappa shape index (κ2) is 8.03. The van der Waals surface area contributed by atoms with Crippen LogP contribution in [0.25, 0.3) is 11.4 Å². The third kappa shape index (κ3) is 4.01. The maximum Gasteiger partial charge on any atom is 0.285 e. The van der Waals surface area contributed by atoms with E-state index >= 15 is 0 Å². The number of rotatable bonds is 4. The van der Waals surface area contributed by atoms with Crippen LogP contribution in [0.3, 0.4) is 0 Å². The fourth-order valence-electron chi connectivity index (χ4n) is 3.62. The molecule has 4 aromatic rings. The lowest BCUT2D eigenvalue weighted by molar-refractivity contribution is 0.102. The van der Waals surface area contributed by atoms with Gasteiger partial charge in [0.25, 0.3) is 15.9 Å². The van der Waals surface area contributed by atoms with Crippen molar-refractivity contribution < 1.29 is 13.2 Å². The zero-order valence-electron chi connectivity index (χ0n) is 17.6. The average molecular weight is 458 g/mol. The number of hydrogen-bond donors (Lipinski definition) is 2. The largest absolute Gasteiger partial charge is 0.339 e. The highest BCUT2D eigenvalue weighted by Gasteiger charge is 2.28. The minimum atomic E-state index is -3.70. The number of fused-ring (bicyclic) bond motifs is 1. The maximum atomic E-state index is 12.7. The SMILES string of the molecule is Cn1ccnc1-c1cccc(NC(=O)c2ccc(NC3=NS(=O)(=O)c4ccccc43)cc2)c1. The molecular weight excluding hydrogens is 438 g/mol. The van der Waals surface area contributed by atoms with Crippen molar-refractivity contribution in [3.05, 3.63) is 96.3 Å². The molecule has 3 aromatic carbocycles. The first kappa shape index (κ1) is 20.7. The van der Waals surface area contributed by atoms with Crippen LogP contribution in [0.1, 0.15) is 15.9 Å². The molecule has 0 aliphatic carbocycles. The molecule has 0 bridgehead atoms. The molecule has 1 aliphatic heterocycles. The Morgan fingerprint density at radius 1 is 0.939 bits per heavy atom. The standard InChI is InChI=1S/C24H19N5O3S/c1-29-14-13-25-23(29)17-5-4-6-19(15-17)27-24(30)16-9-11-18(12-10-16)26-22-20-7-2-3-8-21(20)33(31,32)28-22/h2-15H,1H3,(H,26,28)(H,27,30). The number of aryl methyl sites for hydroxylation is 1. The van der Waals surface area contributed by atoms with Crippen LogP contribution in [0.2, 0.25) is 0 Å². The monoisotopic (exact) mass is 457 g/mol. The van der Waals surface area contributed by atoms with Crippen molar-refractivity contribution >= 4 is 33.1 Å². The van der Waals surface area contributed by atoms with Gasteiger partial charge in [-0.3, -0.25) is 4.79 Å². The zero-order chi connectivity index (χ0) is 23.0. The summed E-state index contributed by atoms with van der Waals surface area (Å²) >= 11 is 0. The topological polar surface area (TPSA) is 105 Å². The van der Waals surface area contributed by atoms with Crippen LogP contribution >= 0.6 is 0 Å². The lowest BCUT2D eigenvalue weighted by atomic mass is 10.1. The summed E-state index contributed by atoms with van der Waals surface area (Å²) in [7, 11) is -1.79. The minimum absolute atomic E-state index is 0.177. The molecule has 2 N–H and O–H groups in total. The van der Waals surface area contributed by atoms with Crippen LogP contribution in [-0.2, 0) is 17.1 Å². The third-order valence-corrected chi connectivity index (χ3v) is 6.58. The summed E-state index contributed by atoms with van der Waals surface area (Å²) < 4.78 is 30.1. The Morgan fingerprint density at radius 3 is 2.48 bits per heavy atom. The highest BCUT2D eigenvalue weighted by atomic mass is 32.2. The molecule has 33 heavy (non-hydrogen) atoms. The van der Waals surface area contributed by atoms with Gasteiger partial charge in [-0.1, -0.05) is 24.3 Å². The summed E-state index contributed by atoms with van der Waals surface area (Å²) in [4.78, 5) is 17.2. The Bertz CT molecular complexity index is 1510. The summed E-state index contributed by atoms with van der Waals surface area (Å²) in [6.45, 7) is 0. The Morgan fingerprint density at radius 2 is 1.73 bits per heavy atom. The van der Waals surface area contributed by atoms with Crippen LogP contribution in [0.5, 0.6) is 0 Å². The van der Waals surface area contributed by atoms with E-state index in [-0.39, 0.29) is 16.6 Å². The highest BCUT2D eigenvalue weighted by Crippen LogP contribution is 2.27. The maximum absolute atomic E-state index is 12.7. The van der Waals surface area contributed by atoms with Gasteiger partial charge in [0.1, 0.15) is 10.7 Å². The van der Waals surface area contributed by atoms with Gasteiger partial charge in [0.05, 0.1) is 0 Å². The lowest BCUT2D eigenvalue weighted by Gasteiger charge is -2.09. The van der Waals surface area contributed by atoms with Gasteiger partial charge < -0.3 is 15.2 Å². The number of aromatic nitrogens is 2. The van der Waals surface area contributed by atoms with Gasteiger partial charge in [-0.25, -0.2) is 4.98 Å². The number of benzene rings is 3. The summed E-state index contributed by atoms with van der Waals surface area (Å²) in [6.07, 6.45) is 3.59. The number of nitrogens with zero attached hydrogens (tertiary/aromatic N) is 3. The minimum Gasteiger partial charge on any atom is -0.339 e. The molecule has 1 aliphatic rings. The Balaban J connectivity index is 1.31. The predicted molar refractivity (Wildman–Crippen MR) is 127 cm³/mol. The zero-order valence-corrected chi connectivity index (χ0v) is 18.4. The van der Waals surface area contributed by atoms with Crippen molar-refractivity contribution in [2.75, 3.05) is 10.6 Å². The van der Waals surface area contributed by atoms with Gasteiger partial charge in [0, 0.05) is 47.5 Å². The Labute approximate surface area is 190 Å². The van der Waals surface area contributed by atoms with Gasteiger partial charge in [0.15, 0.2) is 5.84 Å². The number of hydrogen-bond acceptors (Lipinski definition) is 5. The first-order chi connectivity index (χ1) is 15.9. The van der Waals surface area contributed by atoms with Crippen LogP contribution < -0.4 is 10.6 Å². The molecule has 9 heteroatoms. The van der Waals surface area contributed by atoms with Crippen LogP contribution in [0.15, 0.2) is 94.5 Å². The Kier molecular flexibility index (Phi) is 5.02. The third-order valence-electron chi connectivity index (χ3n) is 5.24. The van der Waals surface area contributed by atoms with Gasteiger partial charge in [-0.15, -0.1) is 4.40 Å². The molecule has 1 aromatic heterocycles. The average Bonchev–Trinajstić information content (AvgIpc) is 3.35. The van der Waals surface area contributed by atoms with Gasteiger partial charge >= 0.3 is 0 Å². The van der Waals surface area contributed by atoms with E-state index in [1.165, 1.54) is 6.07 Å². The first-order valence-electron chi connectivity index (χ1n) is 10.1. The molecule has 8 nitrogen and oxygen atoms in total.